The van der Waals surface area contributed by atoms with E-state index in [2.05, 4.69) is 53.2 Å². The first-order valence-electron chi connectivity index (χ1n) is 10.6. The number of cyclic esters (lactones) is 1. The summed E-state index contributed by atoms with van der Waals surface area (Å²) >= 11 is 0. The zero-order valence-electron chi connectivity index (χ0n) is 17.4. The van der Waals surface area contributed by atoms with Crippen LogP contribution in [0.15, 0.2) is 71.9 Å². The predicted molar refractivity (Wildman–Crippen MR) is 122 cm³/mol. The number of esters is 1. The minimum Gasteiger partial charge on any atom is -0.497 e. The van der Waals surface area contributed by atoms with E-state index in [1.54, 1.807) is 7.11 Å². The zero-order chi connectivity index (χ0) is 21.1. The highest BCUT2D eigenvalue weighted by Crippen LogP contribution is 2.49. The Morgan fingerprint density at radius 3 is 2.65 bits per heavy atom. The van der Waals surface area contributed by atoms with Gasteiger partial charge in [0.25, 0.3) is 0 Å². The van der Waals surface area contributed by atoms with Gasteiger partial charge in [-0.25, -0.2) is 4.79 Å². The molecule has 154 valence electrons. The van der Waals surface area contributed by atoms with Gasteiger partial charge in [0, 0.05) is 40.0 Å². The van der Waals surface area contributed by atoms with Crippen molar-refractivity contribution in [2.45, 2.75) is 19.4 Å². The number of hydrogen-bond acceptors (Lipinski definition) is 4. The minimum atomic E-state index is -0.245. The summed E-state index contributed by atoms with van der Waals surface area (Å²) in [5.74, 6) is 0.346. The van der Waals surface area contributed by atoms with Crippen LogP contribution < -0.4 is 10.1 Å². The van der Waals surface area contributed by atoms with E-state index in [1.165, 1.54) is 21.8 Å². The van der Waals surface area contributed by atoms with Crippen molar-refractivity contribution in [1.82, 2.24) is 4.57 Å². The monoisotopic (exact) mass is 410 g/mol. The van der Waals surface area contributed by atoms with Crippen LogP contribution in [0.2, 0.25) is 0 Å². The van der Waals surface area contributed by atoms with E-state index in [0.29, 0.717) is 5.57 Å². The topological polar surface area (TPSA) is 52.5 Å². The third kappa shape index (κ3) is 2.46. The fraction of sp³-hybridized carbons (Fsp3) is 0.192. The van der Waals surface area contributed by atoms with Gasteiger partial charge in [-0.3, -0.25) is 0 Å². The summed E-state index contributed by atoms with van der Waals surface area (Å²) in [6, 6.07) is 20.8. The van der Waals surface area contributed by atoms with Crippen LogP contribution in [0.1, 0.15) is 24.0 Å². The molecular formula is C26H22N2O3. The highest BCUT2D eigenvalue weighted by molar-refractivity contribution is 6.13. The first kappa shape index (κ1) is 18.1. The molecular weight excluding hydrogens is 388 g/mol. The molecule has 1 aromatic heterocycles. The molecule has 0 bridgehead atoms. The molecule has 0 radical (unpaired) electrons. The number of methoxy groups -OCH3 is 1. The molecule has 4 aromatic rings. The highest BCUT2D eigenvalue weighted by atomic mass is 16.5. The molecule has 1 unspecified atom stereocenters. The van der Waals surface area contributed by atoms with Gasteiger partial charge in [0.1, 0.15) is 12.4 Å². The molecule has 2 aliphatic rings. The number of carbonyl (C=O) groups excluding carboxylic acids is 1. The second-order valence-electron chi connectivity index (χ2n) is 7.98. The number of ether oxygens (including phenoxy) is 2. The Balaban J connectivity index is 1.72. The van der Waals surface area contributed by atoms with Crippen molar-refractivity contribution in [3.63, 3.8) is 0 Å². The molecule has 31 heavy (non-hydrogen) atoms. The summed E-state index contributed by atoms with van der Waals surface area (Å²) in [7, 11) is 1.66. The van der Waals surface area contributed by atoms with Crippen LogP contribution in [0.5, 0.6) is 5.75 Å². The van der Waals surface area contributed by atoms with Gasteiger partial charge in [-0.05, 0) is 48.4 Å². The second-order valence-corrected chi connectivity index (χ2v) is 7.98. The SMILES string of the molecule is CCn1c2ccccc2c2c3c(ccc21)NC1=C(C(=O)OC1)C3c1ccc(OC)cc1. The first-order valence-corrected chi connectivity index (χ1v) is 10.6. The van der Waals surface area contributed by atoms with Gasteiger partial charge in [0.2, 0.25) is 0 Å². The van der Waals surface area contributed by atoms with Gasteiger partial charge in [-0.1, -0.05) is 30.3 Å². The van der Waals surface area contributed by atoms with Crippen molar-refractivity contribution in [2.24, 2.45) is 0 Å². The fourth-order valence-electron chi connectivity index (χ4n) is 5.16. The van der Waals surface area contributed by atoms with Crippen LogP contribution in [0.3, 0.4) is 0 Å². The van der Waals surface area contributed by atoms with Crippen LogP contribution >= 0.6 is 0 Å². The Kier molecular flexibility index (Phi) is 3.87. The predicted octanol–water partition coefficient (Wildman–Crippen LogP) is 5.19. The van der Waals surface area contributed by atoms with Crippen LogP contribution in [-0.2, 0) is 16.1 Å². The Bertz CT molecular complexity index is 1400. The van der Waals surface area contributed by atoms with E-state index in [1.807, 2.05) is 24.3 Å². The van der Waals surface area contributed by atoms with Gasteiger partial charge in [0.15, 0.2) is 0 Å². The lowest BCUT2D eigenvalue weighted by Crippen LogP contribution is -2.20. The number of anilines is 1. The van der Waals surface area contributed by atoms with Crippen molar-refractivity contribution in [3.8, 4) is 5.75 Å². The average Bonchev–Trinajstić information content (AvgIpc) is 3.35. The third-order valence-electron chi connectivity index (χ3n) is 6.50. The van der Waals surface area contributed by atoms with E-state index in [0.717, 1.165) is 34.8 Å². The number of aromatic nitrogens is 1. The summed E-state index contributed by atoms with van der Waals surface area (Å²) < 4.78 is 13.1. The van der Waals surface area contributed by atoms with E-state index in [9.17, 15) is 4.79 Å². The lowest BCUT2D eigenvalue weighted by molar-refractivity contribution is -0.136. The number of carbonyl (C=O) groups is 1. The molecule has 3 aromatic carbocycles. The number of fused-ring (bicyclic) bond motifs is 5. The van der Waals surface area contributed by atoms with E-state index in [-0.39, 0.29) is 18.5 Å². The summed E-state index contributed by atoms with van der Waals surface area (Å²) in [4.78, 5) is 12.8. The fourth-order valence-corrected chi connectivity index (χ4v) is 5.16. The molecule has 6 rings (SSSR count). The van der Waals surface area contributed by atoms with Gasteiger partial charge in [-0.2, -0.15) is 0 Å². The molecule has 2 aliphatic heterocycles. The highest BCUT2D eigenvalue weighted by Gasteiger charge is 2.40. The summed E-state index contributed by atoms with van der Waals surface area (Å²) in [6.45, 7) is 3.33. The average molecular weight is 410 g/mol. The number of nitrogens with zero attached hydrogens (tertiary/aromatic N) is 1. The Hall–Kier alpha value is -3.73. The van der Waals surface area contributed by atoms with E-state index in [4.69, 9.17) is 9.47 Å². The van der Waals surface area contributed by atoms with Crippen molar-refractivity contribution < 1.29 is 14.3 Å². The van der Waals surface area contributed by atoms with Gasteiger partial charge in [0.05, 0.1) is 18.4 Å². The molecule has 0 saturated heterocycles. The van der Waals surface area contributed by atoms with Crippen LogP contribution in [0.4, 0.5) is 5.69 Å². The number of nitrogens with one attached hydrogen (secondary N) is 1. The number of rotatable bonds is 3. The van der Waals surface area contributed by atoms with Crippen LogP contribution in [-0.4, -0.2) is 24.3 Å². The maximum atomic E-state index is 12.8. The molecule has 0 saturated carbocycles. The molecule has 0 spiro atoms. The molecule has 0 fully saturated rings. The normalized spacial score (nSPS) is 17.5. The number of hydrogen-bond donors (Lipinski definition) is 1. The summed E-state index contributed by atoms with van der Waals surface area (Å²) in [6.07, 6.45) is 0. The third-order valence-corrected chi connectivity index (χ3v) is 6.50. The van der Waals surface area contributed by atoms with Crippen molar-refractivity contribution >= 4 is 33.5 Å². The standard InChI is InChI=1S/C26H22N2O3/c1-3-28-20-7-5-4-6-17(20)23-21(28)13-12-18-24(23)22(15-8-10-16(30-2)11-9-15)25-19(27-18)14-31-26(25)29/h4-13,22,27H,3,14H2,1-2H3. The lowest BCUT2D eigenvalue weighted by Gasteiger charge is -2.28. The van der Waals surface area contributed by atoms with E-state index < -0.39 is 0 Å². The van der Waals surface area contributed by atoms with Gasteiger partial charge < -0.3 is 19.4 Å². The molecule has 5 nitrogen and oxygen atoms in total. The smallest absolute Gasteiger partial charge is 0.337 e. The molecule has 5 heteroatoms. The first-order chi connectivity index (χ1) is 15.2. The Morgan fingerprint density at radius 2 is 1.87 bits per heavy atom. The largest absolute Gasteiger partial charge is 0.497 e. The van der Waals surface area contributed by atoms with Crippen molar-refractivity contribution in [1.29, 1.82) is 0 Å². The van der Waals surface area contributed by atoms with Gasteiger partial charge >= 0.3 is 5.97 Å². The number of benzene rings is 3. The maximum absolute atomic E-state index is 12.8. The molecule has 1 atom stereocenters. The number of aryl methyl sites for hydroxylation is 1. The van der Waals surface area contributed by atoms with Crippen molar-refractivity contribution in [2.75, 3.05) is 19.0 Å². The summed E-state index contributed by atoms with van der Waals surface area (Å²) in [5, 5.41) is 5.89. The van der Waals surface area contributed by atoms with Crippen molar-refractivity contribution in [3.05, 3.63) is 83.1 Å². The molecule has 0 amide bonds. The van der Waals surface area contributed by atoms with E-state index >= 15 is 0 Å². The van der Waals surface area contributed by atoms with Crippen LogP contribution in [0, 0.1) is 0 Å². The molecule has 1 N–H and O–H groups in total. The summed E-state index contributed by atoms with van der Waals surface area (Å²) in [5.41, 5.74) is 7.16. The zero-order valence-corrected chi connectivity index (χ0v) is 17.4. The molecule has 3 heterocycles. The molecule has 0 aliphatic carbocycles. The lowest BCUT2D eigenvalue weighted by atomic mass is 9.79. The minimum absolute atomic E-state index is 0.202. The maximum Gasteiger partial charge on any atom is 0.337 e. The Morgan fingerprint density at radius 1 is 1.06 bits per heavy atom. The quantitative estimate of drug-likeness (QED) is 0.472. The number of para-hydroxylation sites is 1. The Labute approximate surface area is 179 Å². The second kappa shape index (κ2) is 6.64. The van der Waals surface area contributed by atoms with Crippen LogP contribution in [0.25, 0.3) is 21.8 Å². The van der Waals surface area contributed by atoms with Gasteiger partial charge in [-0.15, -0.1) is 0 Å².